The second kappa shape index (κ2) is 11.6. The summed E-state index contributed by atoms with van der Waals surface area (Å²) in [6, 6.07) is 15.8. The van der Waals surface area contributed by atoms with Crippen LogP contribution in [-0.4, -0.2) is 48.1 Å². The SMILES string of the molecule is COc1ccc(-c2oc3ncnc(NC4CCC(CC(=O)C5CCC(=O)O5)CC4)c3c2-c2ccc(OC)cc2)cc1. The molecular weight excluding hydrogens is 522 g/mol. The first-order valence-corrected chi connectivity index (χ1v) is 14.1. The van der Waals surface area contributed by atoms with E-state index in [2.05, 4.69) is 15.3 Å². The van der Waals surface area contributed by atoms with Gasteiger partial charge >= 0.3 is 5.97 Å². The van der Waals surface area contributed by atoms with Crippen molar-refractivity contribution < 1.29 is 28.2 Å². The number of furan rings is 1. The third kappa shape index (κ3) is 5.62. The van der Waals surface area contributed by atoms with E-state index in [0.717, 1.165) is 65.1 Å². The second-order valence-electron chi connectivity index (χ2n) is 10.7. The topological polar surface area (TPSA) is 113 Å². The molecule has 1 N–H and O–H groups in total. The number of cyclic esters (lactones) is 1. The van der Waals surface area contributed by atoms with Crippen LogP contribution >= 0.6 is 0 Å². The first kappa shape index (κ1) is 26.8. The average molecular weight is 556 g/mol. The van der Waals surface area contributed by atoms with Crippen molar-refractivity contribution in [2.24, 2.45) is 5.92 Å². The van der Waals surface area contributed by atoms with E-state index in [1.54, 1.807) is 14.2 Å². The minimum absolute atomic E-state index is 0.0540. The van der Waals surface area contributed by atoms with Crippen LogP contribution in [0, 0.1) is 5.92 Å². The van der Waals surface area contributed by atoms with Gasteiger partial charge in [0.05, 0.1) is 19.6 Å². The van der Waals surface area contributed by atoms with Crippen molar-refractivity contribution in [2.75, 3.05) is 19.5 Å². The largest absolute Gasteiger partial charge is 0.497 e. The maximum absolute atomic E-state index is 12.6. The molecule has 2 fully saturated rings. The van der Waals surface area contributed by atoms with E-state index >= 15 is 0 Å². The van der Waals surface area contributed by atoms with E-state index in [0.29, 0.717) is 36.7 Å². The van der Waals surface area contributed by atoms with Crippen molar-refractivity contribution in [3.63, 3.8) is 0 Å². The van der Waals surface area contributed by atoms with E-state index in [1.807, 2.05) is 48.5 Å². The minimum Gasteiger partial charge on any atom is -0.497 e. The molecule has 0 bridgehead atoms. The summed E-state index contributed by atoms with van der Waals surface area (Å²) in [5, 5.41) is 4.49. The zero-order valence-electron chi connectivity index (χ0n) is 23.2. The Morgan fingerprint density at radius 1 is 0.902 bits per heavy atom. The van der Waals surface area contributed by atoms with Gasteiger partial charge in [0.25, 0.3) is 0 Å². The molecule has 2 aromatic heterocycles. The molecule has 2 aromatic carbocycles. The average Bonchev–Trinajstić information content (AvgIpc) is 3.63. The van der Waals surface area contributed by atoms with Crippen molar-refractivity contribution in [3.8, 4) is 33.9 Å². The van der Waals surface area contributed by atoms with Crippen LogP contribution in [0.15, 0.2) is 59.3 Å². The lowest BCUT2D eigenvalue weighted by atomic mass is 9.82. The first-order chi connectivity index (χ1) is 20.0. The zero-order valence-corrected chi connectivity index (χ0v) is 23.2. The maximum Gasteiger partial charge on any atom is 0.306 e. The van der Waals surface area contributed by atoms with Crippen molar-refractivity contribution in [3.05, 3.63) is 54.9 Å². The molecule has 9 nitrogen and oxygen atoms in total. The number of fused-ring (bicyclic) bond motifs is 1. The van der Waals surface area contributed by atoms with Gasteiger partial charge < -0.3 is 23.9 Å². The summed E-state index contributed by atoms with van der Waals surface area (Å²) in [6.45, 7) is 0. The molecule has 0 spiro atoms. The Bertz CT molecular complexity index is 1540. The van der Waals surface area contributed by atoms with Gasteiger partial charge in [-0.2, -0.15) is 0 Å². The van der Waals surface area contributed by atoms with E-state index in [4.69, 9.17) is 18.6 Å². The number of methoxy groups -OCH3 is 2. The Morgan fingerprint density at radius 2 is 1.56 bits per heavy atom. The van der Waals surface area contributed by atoms with E-state index in [1.165, 1.54) is 6.33 Å². The molecule has 4 aromatic rings. The molecule has 1 unspecified atom stereocenters. The molecule has 1 atom stereocenters. The Balaban J connectivity index is 1.26. The number of esters is 1. The number of rotatable bonds is 9. The quantitative estimate of drug-likeness (QED) is 0.241. The lowest BCUT2D eigenvalue weighted by Gasteiger charge is -2.29. The van der Waals surface area contributed by atoms with E-state index < -0.39 is 6.10 Å². The Labute approximate surface area is 238 Å². The van der Waals surface area contributed by atoms with Gasteiger partial charge in [-0.25, -0.2) is 9.97 Å². The maximum atomic E-state index is 12.6. The van der Waals surface area contributed by atoms with Gasteiger partial charge in [0.15, 0.2) is 11.9 Å². The number of benzene rings is 2. The number of anilines is 1. The number of nitrogens with zero attached hydrogens (tertiary/aromatic N) is 2. The third-order valence-electron chi connectivity index (χ3n) is 8.14. The van der Waals surface area contributed by atoms with Crippen LogP contribution in [0.25, 0.3) is 33.6 Å². The van der Waals surface area contributed by atoms with Crippen molar-refractivity contribution >= 4 is 28.7 Å². The van der Waals surface area contributed by atoms with Crippen LogP contribution in [0.4, 0.5) is 5.82 Å². The van der Waals surface area contributed by atoms with Crippen molar-refractivity contribution in [1.82, 2.24) is 9.97 Å². The molecule has 9 heteroatoms. The number of ether oxygens (including phenoxy) is 3. The van der Waals surface area contributed by atoms with Crippen LogP contribution < -0.4 is 14.8 Å². The molecule has 212 valence electrons. The Kier molecular flexibility index (Phi) is 7.59. The van der Waals surface area contributed by atoms with E-state index in [-0.39, 0.29) is 17.8 Å². The molecule has 41 heavy (non-hydrogen) atoms. The fourth-order valence-electron chi connectivity index (χ4n) is 5.89. The summed E-state index contributed by atoms with van der Waals surface area (Å²) < 4.78 is 22.3. The predicted molar refractivity (Wildman–Crippen MR) is 154 cm³/mol. The summed E-state index contributed by atoms with van der Waals surface area (Å²) in [5.74, 6) is 3.04. The molecule has 6 rings (SSSR count). The number of hydrogen-bond donors (Lipinski definition) is 1. The molecule has 1 aliphatic heterocycles. The standard InChI is InChI=1S/C32H33N3O6/c1-38-23-11-5-20(6-12-23)28-29-31(33-18-34-32(29)41-30(28)21-7-13-24(39-2)14-8-21)35-22-9-3-19(4-10-22)17-25(36)26-15-16-27(37)40-26/h5-8,11-14,18-19,22,26H,3-4,9-10,15-17H2,1-2H3,(H,33,34,35). The van der Waals surface area contributed by atoms with Crippen molar-refractivity contribution in [1.29, 1.82) is 0 Å². The van der Waals surface area contributed by atoms with Crippen molar-refractivity contribution in [2.45, 2.75) is 57.1 Å². The fraction of sp³-hybridized carbons (Fsp3) is 0.375. The molecule has 1 saturated carbocycles. The molecule has 1 saturated heterocycles. The molecule has 3 heterocycles. The van der Waals surface area contributed by atoms with Crippen LogP contribution in [0.2, 0.25) is 0 Å². The first-order valence-electron chi connectivity index (χ1n) is 14.1. The monoisotopic (exact) mass is 555 g/mol. The fourth-order valence-corrected chi connectivity index (χ4v) is 5.89. The summed E-state index contributed by atoms with van der Waals surface area (Å²) in [4.78, 5) is 33.1. The molecule has 1 aliphatic carbocycles. The number of ketones is 1. The third-order valence-corrected chi connectivity index (χ3v) is 8.14. The normalized spacial score (nSPS) is 20.5. The Hall–Kier alpha value is -4.40. The lowest BCUT2D eigenvalue weighted by molar-refractivity contribution is -0.147. The minimum atomic E-state index is -0.551. The number of nitrogens with one attached hydrogen (secondary N) is 1. The molecule has 0 amide bonds. The smallest absolute Gasteiger partial charge is 0.306 e. The summed E-state index contributed by atoms with van der Waals surface area (Å²) in [7, 11) is 3.29. The van der Waals surface area contributed by atoms with Gasteiger partial charge in [-0.1, -0.05) is 12.1 Å². The van der Waals surface area contributed by atoms with Crippen LogP contribution in [0.1, 0.15) is 44.9 Å². The summed E-state index contributed by atoms with van der Waals surface area (Å²) in [6.07, 6.45) is 5.96. The predicted octanol–water partition coefficient (Wildman–Crippen LogP) is 6.21. The Morgan fingerprint density at radius 3 is 2.17 bits per heavy atom. The number of Topliss-reactive ketones (excluding diaryl/α,β-unsaturated/α-hetero) is 1. The van der Waals surface area contributed by atoms with Gasteiger partial charge in [-0.15, -0.1) is 0 Å². The highest BCUT2D eigenvalue weighted by molar-refractivity contribution is 6.06. The number of carbonyl (C=O) groups excluding carboxylic acids is 2. The van der Waals surface area contributed by atoms with Gasteiger partial charge in [0.2, 0.25) is 5.71 Å². The van der Waals surface area contributed by atoms with E-state index in [9.17, 15) is 9.59 Å². The number of hydrogen-bond acceptors (Lipinski definition) is 9. The van der Waals surface area contributed by atoms with Gasteiger partial charge in [0, 0.05) is 36.4 Å². The highest BCUT2D eigenvalue weighted by Gasteiger charge is 2.32. The van der Waals surface area contributed by atoms with Gasteiger partial charge in [-0.05, 0) is 73.6 Å². The number of carbonyl (C=O) groups is 2. The van der Waals surface area contributed by atoms with Crippen LogP contribution in [-0.2, 0) is 14.3 Å². The molecule has 0 radical (unpaired) electrons. The summed E-state index contributed by atoms with van der Waals surface area (Å²) in [5.41, 5.74) is 3.27. The van der Waals surface area contributed by atoms with Crippen LogP contribution in [0.3, 0.4) is 0 Å². The van der Waals surface area contributed by atoms with Gasteiger partial charge in [0.1, 0.15) is 29.4 Å². The highest BCUT2D eigenvalue weighted by atomic mass is 16.6. The molecular formula is C32H33N3O6. The second-order valence-corrected chi connectivity index (χ2v) is 10.7. The van der Waals surface area contributed by atoms with Crippen LogP contribution in [0.5, 0.6) is 11.5 Å². The lowest BCUT2D eigenvalue weighted by Crippen LogP contribution is -2.29. The summed E-state index contributed by atoms with van der Waals surface area (Å²) >= 11 is 0. The van der Waals surface area contributed by atoms with Gasteiger partial charge in [-0.3, -0.25) is 9.59 Å². The highest BCUT2D eigenvalue weighted by Crippen LogP contribution is 2.44. The number of aromatic nitrogens is 2. The zero-order chi connectivity index (χ0) is 28.3. The molecule has 2 aliphatic rings.